The van der Waals surface area contributed by atoms with Crippen LogP contribution in [0, 0.1) is 0 Å². The minimum absolute atomic E-state index is 0.139. The molecular weight excluding hydrogens is 374 g/mol. The molecule has 140 valence electrons. The summed E-state index contributed by atoms with van der Waals surface area (Å²) in [6, 6.07) is 12.7. The van der Waals surface area contributed by atoms with Crippen LogP contribution in [0.5, 0.6) is 0 Å². The van der Waals surface area contributed by atoms with E-state index in [-0.39, 0.29) is 5.78 Å². The molecule has 0 aliphatic heterocycles. The van der Waals surface area contributed by atoms with Crippen LogP contribution in [-0.4, -0.2) is 26.3 Å². The first-order valence-corrected chi connectivity index (χ1v) is 11.2. The standard InChI is InChI=1S/C21H23N3OS2/c1-14(2)15-5-7-16(8-6-15)19(25)13-27-21-23-22-20(24(21)17-9-10-17)12-18-4-3-11-26-18/h3-8,11,14,17H,9-10,12-13H2,1-2H3. The Bertz CT molecular complexity index is 910. The van der Waals surface area contributed by atoms with Crippen LogP contribution in [-0.2, 0) is 6.42 Å². The van der Waals surface area contributed by atoms with Gasteiger partial charge in [0.05, 0.1) is 5.75 Å². The van der Waals surface area contributed by atoms with Crippen molar-refractivity contribution in [2.75, 3.05) is 5.75 Å². The van der Waals surface area contributed by atoms with Crippen LogP contribution < -0.4 is 0 Å². The summed E-state index contributed by atoms with van der Waals surface area (Å²) in [5, 5.41) is 11.8. The number of hydrogen-bond donors (Lipinski definition) is 0. The second kappa shape index (κ2) is 7.98. The van der Waals surface area contributed by atoms with E-state index < -0.39 is 0 Å². The Morgan fingerprint density at radius 2 is 2.00 bits per heavy atom. The minimum Gasteiger partial charge on any atom is -0.303 e. The fourth-order valence-corrected chi connectivity index (χ4v) is 4.68. The predicted molar refractivity (Wildman–Crippen MR) is 111 cm³/mol. The van der Waals surface area contributed by atoms with Gasteiger partial charge in [0.15, 0.2) is 10.9 Å². The van der Waals surface area contributed by atoms with Crippen molar-refractivity contribution in [3.05, 3.63) is 63.6 Å². The van der Waals surface area contributed by atoms with E-state index in [1.165, 1.54) is 35.0 Å². The molecule has 1 saturated carbocycles. The largest absolute Gasteiger partial charge is 0.303 e. The van der Waals surface area contributed by atoms with Gasteiger partial charge in [-0.15, -0.1) is 21.5 Å². The van der Waals surface area contributed by atoms with E-state index in [2.05, 4.69) is 46.1 Å². The van der Waals surface area contributed by atoms with E-state index in [1.807, 2.05) is 24.3 Å². The highest BCUT2D eigenvalue weighted by molar-refractivity contribution is 7.99. The Morgan fingerprint density at radius 1 is 1.22 bits per heavy atom. The molecule has 4 rings (SSSR count). The Labute approximate surface area is 168 Å². The zero-order valence-corrected chi connectivity index (χ0v) is 17.2. The Balaban J connectivity index is 1.44. The number of carbonyl (C=O) groups is 1. The Morgan fingerprint density at radius 3 is 2.63 bits per heavy atom. The predicted octanol–water partition coefficient (Wildman–Crippen LogP) is 5.36. The summed E-state index contributed by atoms with van der Waals surface area (Å²) in [5.74, 6) is 2.02. The number of benzene rings is 1. The average Bonchev–Trinajstić information content (AvgIpc) is 3.22. The van der Waals surface area contributed by atoms with Crippen molar-refractivity contribution in [1.29, 1.82) is 0 Å². The lowest BCUT2D eigenvalue weighted by Crippen LogP contribution is -2.06. The first-order chi connectivity index (χ1) is 13.1. The normalized spacial score (nSPS) is 14.0. The van der Waals surface area contributed by atoms with Gasteiger partial charge < -0.3 is 4.57 Å². The third-order valence-corrected chi connectivity index (χ3v) is 6.61. The maximum absolute atomic E-state index is 12.6. The van der Waals surface area contributed by atoms with E-state index in [4.69, 9.17) is 0 Å². The molecule has 4 nitrogen and oxygen atoms in total. The molecule has 1 aliphatic carbocycles. The third-order valence-electron chi connectivity index (χ3n) is 4.79. The molecule has 0 radical (unpaired) electrons. The van der Waals surface area contributed by atoms with Gasteiger partial charge in [-0.1, -0.05) is 55.9 Å². The zero-order chi connectivity index (χ0) is 18.8. The highest BCUT2D eigenvalue weighted by atomic mass is 32.2. The van der Waals surface area contributed by atoms with Crippen LogP contribution in [0.15, 0.2) is 46.9 Å². The lowest BCUT2D eigenvalue weighted by Gasteiger charge is -2.09. The molecule has 27 heavy (non-hydrogen) atoms. The number of aromatic nitrogens is 3. The summed E-state index contributed by atoms with van der Waals surface area (Å²) in [5.41, 5.74) is 2.02. The van der Waals surface area contributed by atoms with E-state index in [0.717, 1.165) is 23.0 Å². The number of nitrogens with zero attached hydrogens (tertiary/aromatic N) is 3. The van der Waals surface area contributed by atoms with Crippen molar-refractivity contribution >= 4 is 28.9 Å². The van der Waals surface area contributed by atoms with Gasteiger partial charge in [0.1, 0.15) is 5.82 Å². The fraction of sp³-hybridized carbons (Fsp3) is 0.381. The van der Waals surface area contributed by atoms with Crippen LogP contribution in [0.1, 0.15) is 65.3 Å². The van der Waals surface area contributed by atoms with Crippen LogP contribution in [0.25, 0.3) is 0 Å². The van der Waals surface area contributed by atoms with Crippen LogP contribution >= 0.6 is 23.1 Å². The quantitative estimate of drug-likeness (QED) is 0.379. The highest BCUT2D eigenvalue weighted by Crippen LogP contribution is 2.39. The second-order valence-corrected chi connectivity index (χ2v) is 9.22. The van der Waals surface area contributed by atoms with Crippen molar-refractivity contribution in [3.63, 3.8) is 0 Å². The molecule has 0 unspecified atom stereocenters. The van der Waals surface area contributed by atoms with Gasteiger partial charge in [-0.25, -0.2) is 0 Å². The van der Waals surface area contributed by atoms with Crippen molar-refractivity contribution in [2.24, 2.45) is 0 Å². The maximum atomic E-state index is 12.6. The van der Waals surface area contributed by atoms with Gasteiger partial charge in [-0.2, -0.15) is 0 Å². The maximum Gasteiger partial charge on any atom is 0.191 e. The number of rotatable bonds is 8. The summed E-state index contributed by atoms with van der Waals surface area (Å²) >= 11 is 3.25. The van der Waals surface area contributed by atoms with Gasteiger partial charge in [-0.3, -0.25) is 4.79 Å². The molecular formula is C21H23N3OS2. The summed E-state index contributed by atoms with van der Waals surface area (Å²) in [6.45, 7) is 4.32. The van der Waals surface area contributed by atoms with Gasteiger partial charge in [0.2, 0.25) is 0 Å². The summed E-state index contributed by atoms with van der Waals surface area (Å²) < 4.78 is 2.25. The van der Waals surface area contributed by atoms with E-state index >= 15 is 0 Å². The monoisotopic (exact) mass is 397 g/mol. The molecule has 3 aromatic rings. The van der Waals surface area contributed by atoms with Crippen LogP contribution in [0.4, 0.5) is 0 Å². The molecule has 0 bridgehead atoms. The zero-order valence-electron chi connectivity index (χ0n) is 15.6. The van der Waals surface area contributed by atoms with Crippen molar-refractivity contribution < 1.29 is 4.79 Å². The van der Waals surface area contributed by atoms with Gasteiger partial charge in [0, 0.05) is 22.9 Å². The number of Topliss-reactive ketones (excluding diaryl/α,β-unsaturated/α-hetero) is 1. The van der Waals surface area contributed by atoms with Crippen molar-refractivity contribution in [3.8, 4) is 0 Å². The van der Waals surface area contributed by atoms with E-state index in [0.29, 0.717) is 17.7 Å². The average molecular weight is 398 g/mol. The summed E-state index contributed by atoms with van der Waals surface area (Å²) in [7, 11) is 0. The first kappa shape index (κ1) is 18.4. The molecule has 0 amide bonds. The van der Waals surface area contributed by atoms with Crippen molar-refractivity contribution in [1.82, 2.24) is 14.8 Å². The first-order valence-electron chi connectivity index (χ1n) is 9.34. The SMILES string of the molecule is CC(C)c1ccc(C(=O)CSc2nnc(Cc3cccs3)n2C2CC2)cc1. The van der Waals surface area contributed by atoms with E-state index in [1.54, 1.807) is 11.3 Å². The number of thioether (sulfide) groups is 1. The topological polar surface area (TPSA) is 47.8 Å². The van der Waals surface area contributed by atoms with Gasteiger partial charge >= 0.3 is 0 Å². The van der Waals surface area contributed by atoms with Crippen LogP contribution in [0.2, 0.25) is 0 Å². The molecule has 0 N–H and O–H groups in total. The van der Waals surface area contributed by atoms with Crippen molar-refractivity contribution in [2.45, 2.75) is 50.2 Å². The summed E-state index contributed by atoms with van der Waals surface area (Å²) in [4.78, 5) is 13.9. The number of hydrogen-bond acceptors (Lipinski definition) is 5. The van der Waals surface area contributed by atoms with Gasteiger partial charge in [-0.05, 0) is 35.8 Å². The summed E-state index contributed by atoms with van der Waals surface area (Å²) in [6.07, 6.45) is 3.16. The molecule has 1 aromatic carbocycles. The molecule has 1 fully saturated rings. The molecule has 6 heteroatoms. The highest BCUT2D eigenvalue weighted by Gasteiger charge is 2.30. The fourth-order valence-electron chi connectivity index (χ4n) is 3.06. The number of ketones is 1. The molecule has 1 aliphatic rings. The Kier molecular flexibility index (Phi) is 5.45. The third kappa shape index (κ3) is 4.33. The molecule has 0 atom stereocenters. The lowest BCUT2D eigenvalue weighted by molar-refractivity contribution is 0.102. The smallest absolute Gasteiger partial charge is 0.191 e. The number of carbonyl (C=O) groups excluding carboxylic acids is 1. The van der Waals surface area contributed by atoms with Crippen LogP contribution in [0.3, 0.4) is 0 Å². The Hall–Kier alpha value is -1.92. The molecule has 2 heterocycles. The molecule has 2 aromatic heterocycles. The minimum atomic E-state index is 0.139. The number of thiophene rings is 1. The van der Waals surface area contributed by atoms with E-state index in [9.17, 15) is 4.79 Å². The molecule has 0 spiro atoms. The lowest BCUT2D eigenvalue weighted by atomic mass is 10.0. The second-order valence-electron chi connectivity index (χ2n) is 7.24. The molecule has 0 saturated heterocycles. The van der Waals surface area contributed by atoms with Gasteiger partial charge in [0.25, 0.3) is 0 Å².